The lowest BCUT2D eigenvalue weighted by Crippen LogP contribution is -2.60. The van der Waals surface area contributed by atoms with E-state index < -0.39 is 60.4 Å². The van der Waals surface area contributed by atoms with Crippen molar-refractivity contribution < 1.29 is 47.7 Å². The maximum Gasteiger partial charge on any atom is 0.303 e. The highest BCUT2D eigenvalue weighted by molar-refractivity contribution is 5.93. The number of rotatable bonds is 10. The van der Waals surface area contributed by atoms with Crippen LogP contribution in [-0.4, -0.2) is 85.8 Å². The summed E-state index contributed by atoms with van der Waals surface area (Å²) in [6.45, 7) is 4.16. The van der Waals surface area contributed by atoms with E-state index in [1.807, 2.05) is 0 Å². The molecule has 220 valence electrons. The van der Waals surface area contributed by atoms with E-state index in [4.69, 9.17) is 23.7 Å². The fraction of sp³-hybridized carbons (Fsp3) is 0.560. The first kappa shape index (κ1) is 29.5. The van der Waals surface area contributed by atoms with Gasteiger partial charge in [-0.05, 0) is 12.8 Å². The van der Waals surface area contributed by atoms with Gasteiger partial charge in [-0.1, -0.05) is 5.21 Å². The van der Waals surface area contributed by atoms with E-state index in [0.29, 0.717) is 17.4 Å². The molecule has 2 aliphatic rings. The summed E-state index contributed by atoms with van der Waals surface area (Å²) in [6, 6.07) is 0. The lowest BCUT2D eigenvalue weighted by Gasteiger charge is -2.44. The number of ether oxygens (including phenoxy) is 5. The minimum absolute atomic E-state index is 0.0332. The molecule has 3 heterocycles. The third-order valence-corrected chi connectivity index (χ3v) is 6.09. The average Bonchev–Trinajstić information content (AvgIpc) is 3.65. The van der Waals surface area contributed by atoms with Crippen LogP contribution in [0.4, 0.5) is 0 Å². The van der Waals surface area contributed by atoms with Crippen LogP contribution >= 0.6 is 0 Å². The zero-order chi connectivity index (χ0) is 29.7. The van der Waals surface area contributed by atoms with E-state index in [1.165, 1.54) is 30.2 Å². The van der Waals surface area contributed by atoms with E-state index in [2.05, 4.69) is 25.6 Å². The molecule has 0 bridgehead atoms. The predicted molar refractivity (Wildman–Crippen MR) is 132 cm³/mol. The molecular formula is C25H30N6O10. The molecule has 0 unspecified atom stereocenters. The van der Waals surface area contributed by atoms with Crippen molar-refractivity contribution in [2.45, 2.75) is 83.6 Å². The van der Waals surface area contributed by atoms with Crippen LogP contribution in [0.3, 0.4) is 0 Å². The molecule has 1 saturated carbocycles. The van der Waals surface area contributed by atoms with E-state index in [1.54, 1.807) is 0 Å². The van der Waals surface area contributed by atoms with Gasteiger partial charge in [0.15, 0.2) is 24.5 Å². The van der Waals surface area contributed by atoms with Crippen molar-refractivity contribution in [2.75, 3.05) is 6.61 Å². The molecule has 5 atom stereocenters. The number of nitrogens with zero attached hydrogens (tertiary/aromatic N) is 5. The predicted octanol–water partition coefficient (Wildman–Crippen LogP) is 0.131. The van der Waals surface area contributed by atoms with Gasteiger partial charge in [-0.2, -0.15) is 0 Å². The fourth-order valence-corrected chi connectivity index (χ4v) is 4.22. The number of esters is 4. The van der Waals surface area contributed by atoms with Crippen LogP contribution in [0.15, 0.2) is 18.6 Å². The summed E-state index contributed by atoms with van der Waals surface area (Å²) in [4.78, 5) is 68.5. The molecule has 2 aromatic rings. The zero-order valence-corrected chi connectivity index (χ0v) is 22.8. The Labute approximate surface area is 234 Å². The molecule has 2 fully saturated rings. The van der Waals surface area contributed by atoms with Gasteiger partial charge in [0, 0.05) is 46.0 Å². The first-order chi connectivity index (χ1) is 19.5. The third kappa shape index (κ3) is 7.81. The summed E-state index contributed by atoms with van der Waals surface area (Å²) in [7, 11) is 0. The molecule has 2 aromatic heterocycles. The van der Waals surface area contributed by atoms with E-state index in [0.717, 1.165) is 33.6 Å². The molecule has 1 amide bonds. The standard InChI is InChI=1S/C25H30N6O10/c1-12(32)37-11-19-20(38-13(2)33)21(39-14(3)34)22(40-15(4)35)25(41-19)31-10-18(29-30-31)9-28-24(36)17-7-26-23(27-8-17)16-5-6-16/h7-8,10,16,19-22,25H,5-6,9,11H2,1-4H3,(H,28,36)/t19-,20-,21+,22-,25-/m1/s1. The Balaban J connectivity index is 1.54. The second-order valence-electron chi connectivity index (χ2n) is 9.57. The van der Waals surface area contributed by atoms with Crippen molar-refractivity contribution >= 4 is 29.8 Å². The second kappa shape index (κ2) is 12.8. The highest BCUT2D eigenvalue weighted by Crippen LogP contribution is 2.37. The van der Waals surface area contributed by atoms with Gasteiger partial charge in [0.25, 0.3) is 5.91 Å². The summed E-state index contributed by atoms with van der Waals surface area (Å²) in [5, 5.41) is 10.8. The van der Waals surface area contributed by atoms with Crippen LogP contribution < -0.4 is 5.32 Å². The van der Waals surface area contributed by atoms with E-state index in [9.17, 15) is 24.0 Å². The fourth-order valence-electron chi connectivity index (χ4n) is 4.22. The van der Waals surface area contributed by atoms with E-state index >= 15 is 0 Å². The summed E-state index contributed by atoms with van der Waals surface area (Å²) in [5.74, 6) is -2.23. The molecule has 1 aliphatic heterocycles. The van der Waals surface area contributed by atoms with Crippen LogP contribution in [0.2, 0.25) is 0 Å². The Hall–Kier alpha value is -4.47. The first-order valence-electron chi connectivity index (χ1n) is 12.8. The number of nitrogens with one attached hydrogen (secondary N) is 1. The van der Waals surface area contributed by atoms with Crippen LogP contribution in [0.1, 0.15) is 74.6 Å². The Morgan fingerprint density at radius 3 is 2.10 bits per heavy atom. The Bertz CT molecular complexity index is 1290. The van der Waals surface area contributed by atoms with Crippen LogP contribution in [-0.2, 0) is 49.4 Å². The van der Waals surface area contributed by atoms with Gasteiger partial charge in [-0.25, -0.2) is 14.6 Å². The molecule has 4 rings (SSSR count). The topological polar surface area (TPSA) is 200 Å². The number of carbonyl (C=O) groups is 5. The molecule has 1 N–H and O–H groups in total. The van der Waals surface area contributed by atoms with Crippen LogP contribution in [0.5, 0.6) is 0 Å². The van der Waals surface area contributed by atoms with Gasteiger partial charge in [-0.15, -0.1) is 5.10 Å². The van der Waals surface area contributed by atoms with Gasteiger partial charge in [-0.3, -0.25) is 24.0 Å². The highest BCUT2D eigenvalue weighted by Gasteiger charge is 2.53. The largest absolute Gasteiger partial charge is 0.463 e. The zero-order valence-electron chi connectivity index (χ0n) is 22.8. The average molecular weight is 575 g/mol. The van der Waals surface area contributed by atoms with Crippen LogP contribution in [0, 0.1) is 0 Å². The second-order valence-corrected chi connectivity index (χ2v) is 9.57. The lowest BCUT2D eigenvalue weighted by atomic mass is 9.97. The Kier molecular flexibility index (Phi) is 9.21. The normalized spacial score (nSPS) is 23.7. The molecule has 16 heteroatoms. The molecule has 41 heavy (non-hydrogen) atoms. The van der Waals surface area contributed by atoms with Gasteiger partial charge >= 0.3 is 23.9 Å². The van der Waals surface area contributed by atoms with Crippen molar-refractivity contribution in [2.24, 2.45) is 0 Å². The Morgan fingerprint density at radius 2 is 1.51 bits per heavy atom. The highest BCUT2D eigenvalue weighted by atomic mass is 16.7. The maximum atomic E-state index is 12.6. The first-order valence-corrected chi connectivity index (χ1v) is 12.8. The molecule has 0 spiro atoms. The third-order valence-electron chi connectivity index (χ3n) is 6.09. The minimum atomic E-state index is -1.36. The summed E-state index contributed by atoms with van der Waals surface area (Å²) < 4.78 is 28.5. The maximum absolute atomic E-state index is 12.6. The van der Waals surface area contributed by atoms with Gasteiger partial charge < -0.3 is 29.0 Å². The quantitative estimate of drug-likeness (QED) is 0.296. The van der Waals surface area contributed by atoms with Crippen molar-refractivity contribution in [3.05, 3.63) is 35.7 Å². The van der Waals surface area contributed by atoms with Crippen LogP contribution in [0.25, 0.3) is 0 Å². The van der Waals surface area contributed by atoms with Gasteiger partial charge in [0.1, 0.15) is 24.2 Å². The molecule has 1 aliphatic carbocycles. The molecule has 16 nitrogen and oxygen atoms in total. The number of carbonyl (C=O) groups excluding carboxylic acids is 5. The SMILES string of the molecule is CC(=O)OC[C@H]1O[C@@H](n2cc(CNC(=O)c3cnc(C4CC4)nc3)nn2)[C@H](OC(C)=O)[C@@H](OC(C)=O)[C@@H]1OC(C)=O. The molecule has 1 saturated heterocycles. The molecular weight excluding hydrogens is 544 g/mol. The van der Waals surface area contributed by atoms with Crippen molar-refractivity contribution in [1.82, 2.24) is 30.3 Å². The minimum Gasteiger partial charge on any atom is -0.463 e. The summed E-state index contributed by atoms with van der Waals surface area (Å²) in [6.07, 6.45) is 0.0358. The molecule has 0 radical (unpaired) electrons. The number of amides is 1. The smallest absolute Gasteiger partial charge is 0.303 e. The summed E-state index contributed by atoms with van der Waals surface area (Å²) >= 11 is 0. The van der Waals surface area contributed by atoms with Crippen molar-refractivity contribution in [3.63, 3.8) is 0 Å². The van der Waals surface area contributed by atoms with E-state index in [-0.39, 0.29) is 18.7 Å². The number of hydrogen-bond acceptors (Lipinski definition) is 14. The van der Waals surface area contributed by atoms with Crippen molar-refractivity contribution in [3.8, 4) is 0 Å². The Morgan fingerprint density at radius 1 is 0.902 bits per heavy atom. The van der Waals surface area contributed by atoms with Crippen molar-refractivity contribution in [1.29, 1.82) is 0 Å². The monoisotopic (exact) mass is 574 g/mol. The van der Waals surface area contributed by atoms with Gasteiger partial charge in [0.2, 0.25) is 0 Å². The number of hydrogen-bond donors (Lipinski definition) is 1. The molecule has 0 aromatic carbocycles. The summed E-state index contributed by atoms with van der Waals surface area (Å²) in [5.41, 5.74) is 0.586. The van der Waals surface area contributed by atoms with Gasteiger partial charge in [0.05, 0.1) is 18.3 Å². The lowest BCUT2D eigenvalue weighted by molar-refractivity contribution is -0.270. The number of aromatic nitrogens is 5.